The zero-order valence-electron chi connectivity index (χ0n) is 10.5. The molecular formula is C13H20FNO2. The van der Waals surface area contributed by atoms with Crippen molar-refractivity contribution in [1.29, 1.82) is 0 Å². The number of β-amino-alcohol motifs (C(OH)–C–C–N with tert-alkyl or cyclic N) is 1. The summed E-state index contributed by atoms with van der Waals surface area (Å²) in [4.78, 5) is 0. The zero-order valence-corrected chi connectivity index (χ0v) is 10.5. The third-order valence-corrected chi connectivity index (χ3v) is 2.14. The second kappa shape index (κ2) is 5.98. The Bertz CT molecular complexity index is 350. The van der Waals surface area contributed by atoms with E-state index in [1.807, 2.05) is 20.8 Å². The van der Waals surface area contributed by atoms with E-state index in [2.05, 4.69) is 5.32 Å². The van der Waals surface area contributed by atoms with Crippen LogP contribution in [0.4, 0.5) is 4.39 Å². The summed E-state index contributed by atoms with van der Waals surface area (Å²) in [7, 11) is 0. The minimum Gasteiger partial charge on any atom is -0.488 e. The van der Waals surface area contributed by atoms with Crippen LogP contribution >= 0.6 is 0 Å². The molecule has 0 saturated carbocycles. The van der Waals surface area contributed by atoms with Gasteiger partial charge in [-0.3, -0.25) is 0 Å². The van der Waals surface area contributed by atoms with Gasteiger partial charge in [-0.05, 0) is 32.9 Å². The Balaban J connectivity index is 2.34. The summed E-state index contributed by atoms with van der Waals surface area (Å²) >= 11 is 0. The predicted molar refractivity (Wildman–Crippen MR) is 65.7 cm³/mol. The summed E-state index contributed by atoms with van der Waals surface area (Å²) in [5, 5.41) is 12.8. The number of nitrogens with one attached hydrogen (secondary N) is 1. The van der Waals surface area contributed by atoms with Crippen molar-refractivity contribution in [2.45, 2.75) is 32.4 Å². The monoisotopic (exact) mass is 241 g/mol. The fourth-order valence-electron chi connectivity index (χ4n) is 1.23. The smallest absolute Gasteiger partial charge is 0.165 e. The average Bonchev–Trinajstić information content (AvgIpc) is 2.24. The summed E-state index contributed by atoms with van der Waals surface area (Å²) in [6, 6.07) is 6.16. The third kappa shape index (κ3) is 5.65. The third-order valence-electron chi connectivity index (χ3n) is 2.14. The number of hydrogen-bond acceptors (Lipinski definition) is 3. The molecule has 1 atom stereocenters. The lowest BCUT2D eigenvalue weighted by Gasteiger charge is -2.23. The van der Waals surface area contributed by atoms with Crippen LogP contribution in [0.2, 0.25) is 0 Å². The molecule has 0 bridgehead atoms. The fourth-order valence-corrected chi connectivity index (χ4v) is 1.23. The van der Waals surface area contributed by atoms with Gasteiger partial charge < -0.3 is 15.2 Å². The van der Waals surface area contributed by atoms with Gasteiger partial charge in [-0.25, -0.2) is 4.39 Å². The van der Waals surface area contributed by atoms with E-state index in [4.69, 9.17) is 4.74 Å². The molecule has 0 amide bonds. The Labute approximate surface area is 102 Å². The largest absolute Gasteiger partial charge is 0.488 e. The second-order valence-electron chi connectivity index (χ2n) is 5.03. The lowest BCUT2D eigenvalue weighted by atomic mass is 10.1. The molecule has 0 heterocycles. The predicted octanol–water partition coefficient (Wildman–Crippen LogP) is 1.95. The highest BCUT2D eigenvalue weighted by molar-refractivity contribution is 5.23. The molecule has 1 aromatic rings. The molecule has 3 nitrogen and oxygen atoms in total. The molecule has 0 aliphatic carbocycles. The van der Waals surface area contributed by atoms with Gasteiger partial charge in [0, 0.05) is 12.1 Å². The van der Waals surface area contributed by atoms with Gasteiger partial charge in [-0.2, -0.15) is 0 Å². The van der Waals surface area contributed by atoms with Crippen molar-refractivity contribution in [3.05, 3.63) is 30.1 Å². The molecule has 0 aromatic heterocycles. The first-order valence-corrected chi connectivity index (χ1v) is 5.69. The molecular weight excluding hydrogens is 221 g/mol. The van der Waals surface area contributed by atoms with Gasteiger partial charge in [-0.15, -0.1) is 0 Å². The van der Waals surface area contributed by atoms with Crippen molar-refractivity contribution in [3.63, 3.8) is 0 Å². The summed E-state index contributed by atoms with van der Waals surface area (Å²) in [5.41, 5.74) is -0.0566. The van der Waals surface area contributed by atoms with Crippen molar-refractivity contribution >= 4 is 0 Å². The molecule has 0 spiro atoms. The lowest BCUT2D eigenvalue weighted by molar-refractivity contribution is 0.0980. The summed E-state index contributed by atoms with van der Waals surface area (Å²) < 4.78 is 18.4. The van der Waals surface area contributed by atoms with E-state index >= 15 is 0 Å². The maximum absolute atomic E-state index is 13.2. The number of aliphatic hydroxyl groups excluding tert-OH is 1. The van der Waals surface area contributed by atoms with E-state index in [0.29, 0.717) is 6.54 Å². The lowest BCUT2D eigenvalue weighted by Crippen LogP contribution is -2.42. The van der Waals surface area contributed by atoms with Crippen LogP contribution in [-0.4, -0.2) is 29.9 Å². The van der Waals surface area contributed by atoms with Gasteiger partial charge in [0.05, 0.1) is 0 Å². The molecule has 1 aromatic carbocycles. The maximum Gasteiger partial charge on any atom is 0.165 e. The molecule has 96 valence electrons. The van der Waals surface area contributed by atoms with Crippen LogP contribution < -0.4 is 10.1 Å². The van der Waals surface area contributed by atoms with Gasteiger partial charge >= 0.3 is 0 Å². The van der Waals surface area contributed by atoms with E-state index < -0.39 is 11.9 Å². The number of para-hydroxylation sites is 1. The summed E-state index contributed by atoms with van der Waals surface area (Å²) in [6.45, 7) is 6.52. The first kappa shape index (κ1) is 13.9. The normalized spacial score (nSPS) is 13.5. The molecule has 2 N–H and O–H groups in total. The van der Waals surface area contributed by atoms with Gasteiger partial charge in [0.25, 0.3) is 0 Å². The maximum atomic E-state index is 13.2. The van der Waals surface area contributed by atoms with Crippen molar-refractivity contribution < 1.29 is 14.2 Å². The van der Waals surface area contributed by atoms with Crippen LogP contribution in [0.15, 0.2) is 24.3 Å². The van der Waals surface area contributed by atoms with Crippen LogP contribution in [0.25, 0.3) is 0 Å². The molecule has 1 rings (SSSR count). The van der Waals surface area contributed by atoms with Crippen molar-refractivity contribution in [2.24, 2.45) is 0 Å². The summed E-state index contributed by atoms with van der Waals surface area (Å²) in [5.74, 6) is -0.245. The van der Waals surface area contributed by atoms with Crippen LogP contribution in [-0.2, 0) is 0 Å². The fraction of sp³-hybridized carbons (Fsp3) is 0.538. The van der Waals surface area contributed by atoms with Gasteiger partial charge in [0.1, 0.15) is 12.7 Å². The molecule has 0 fully saturated rings. The van der Waals surface area contributed by atoms with Crippen molar-refractivity contribution in [1.82, 2.24) is 5.32 Å². The van der Waals surface area contributed by atoms with Crippen LogP contribution in [0.3, 0.4) is 0 Å². The molecule has 4 heteroatoms. The molecule has 0 aliphatic heterocycles. The summed E-state index contributed by atoms with van der Waals surface area (Å²) in [6.07, 6.45) is -0.658. The Morgan fingerprint density at radius 3 is 2.59 bits per heavy atom. The minimum atomic E-state index is -0.658. The Kier molecular flexibility index (Phi) is 4.90. The van der Waals surface area contributed by atoms with E-state index in [1.165, 1.54) is 6.07 Å². The second-order valence-corrected chi connectivity index (χ2v) is 5.03. The van der Waals surface area contributed by atoms with Crippen molar-refractivity contribution in [2.75, 3.05) is 13.2 Å². The van der Waals surface area contributed by atoms with Gasteiger partial charge in [0.2, 0.25) is 0 Å². The van der Waals surface area contributed by atoms with Crippen LogP contribution in [0.1, 0.15) is 20.8 Å². The first-order chi connectivity index (χ1) is 7.88. The van der Waals surface area contributed by atoms with E-state index in [1.54, 1.807) is 18.2 Å². The van der Waals surface area contributed by atoms with Gasteiger partial charge in [0.15, 0.2) is 11.6 Å². The number of benzene rings is 1. The number of hydrogen-bond donors (Lipinski definition) is 2. The van der Waals surface area contributed by atoms with E-state index in [9.17, 15) is 9.50 Å². The van der Waals surface area contributed by atoms with E-state index in [-0.39, 0.29) is 17.9 Å². The topological polar surface area (TPSA) is 41.5 Å². The molecule has 17 heavy (non-hydrogen) atoms. The molecule has 0 unspecified atom stereocenters. The van der Waals surface area contributed by atoms with Crippen LogP contribution in [0.5, 0.6) is 5.75 Å². The Hall–Kier alpha value is -1.13. The zero-order chi connectivity index (χ0) is 12.9. The molecule has 0 aliphatic rings. The highest BCUT2D eigenvalue weighted by atomic mass is 19.1. The van der Waals surface area contributed by atoms with Gasteiger partial charge in [-0.1, -0.05) is 12.1 Å². The SMILES string of the molecule is CC(C)(C)NC[C@@H](O)COc1ccccc1F. The highest BCUT2D eigenvalue weighted by Crippen LogP contribution is 2.15. The Morgan fingerprint density at radius 1 is 1.35 bits per heavy atom. The minimum absolute atomic E-state index is 0.0566. The number of aliphatic hydroxyl groups is 1. The number of rotatable bonds is 5. The number of ether oxygens (including phenoxy) is 1. The van der Waals surface area contributed by atoms with Crippen LogP contribution in [0, 0.1) is 5.82 Å². The standard InChI is InChI=1S/C13H20FNO2/c1-13(2,3)15-8-10(16)9-17-12-7-5-4-6-11(12)14/h4-7,10,15-16H,8-9H2,1-3H3/t10-/m1/s1. The average molecular weight is 241 g/mol. The Morgan fingerprint density at radius 2 is 2.00 bits per heavy atom. The quantitative estimate of drug-likeness (QED) is 0.828. The van der Waals surface area contributed by atoms with E-state index in [0.717, 1.165) is 0 Å². The highest BCUT2D eigenvalue weighted by Gasteiger charge is 2.13. The molecule has 0 radical (unpaired) electrons. The number of halogens is 1. The first-order valence-electron chi connectivity index (χ1n) is 5.69. The molecule has 0 saturated heterocycles. The van der Waals surface area contributed by atoms with Crippen molar-refractivity contribution in [3.8, 4) is 5.75 Å².